The predicted octanol–water partition coefficient (Wildman–Crippen LogP) is 3.08. The quantitative estimate of drug-likeness (QED) is 0.754. The second kappa shape index (κ2) is 3.86. The molecule has 1 aromatic heterocycles. The van der Waals surface area contributed by atoms with E-state index in [1.165, 1.54) is 30.5 Å². The summed E-state index contributed by atoms with van der Waals surface area (Å²) >= 11 is 4.77. The maximum absolute atomic E-state index is 13.4. The molecule has 0 radical (unpaired) electrons. The third-order valence-corrected chi connectivity index (χ3v) is 2.11. The minimum absolute atomic E-state index is 0.119. The number of aromatic nitrogens is 2. The van der Waals surface area contributed by atoms with Gasteiger partial charge < -0.3 is 4.98 Å². The summed E-state index contributed by atoms with van der Waals surface area (Å²) in [5.74, 6) is -1.27. The van der Waals surface area contributed by atoms with Crippen LogP contribution in [-0.2, 0) is 0 Å². The fraction of sp³-hybridized carbons (Fsp3) is 0. The monoisotopic (exact) mass is 224 g/mol. The molecule has 76 valence electrons. The summed E-state index contributed by atoms with van der Waals surface area (Å²) in [5.41, 5.74) is 0.164. The second-order valence-electron chi connectivity index (χ2n) is 2.89. The van der Waals surface area contributed by atoms with Gasteiger partial charge in [-0.25, -0.2) is 13.8 Å². The van der Waals surface area contributed by atoms with Crippen LogP contribution in [-0.4, -0.2) is 9.97 Å². The summed E-state index contributed by atoms with van der Waals surface area (Å²) in [6.45, 7) is 0. The van der Waals surface area contributed by atoms with Gasteiger partial charge in [-0.15, -0.1) is 0 Å². The Hall–Kier alpha value is -1.62. The molecule has 1 N–H and O–H groups in total. The molecular formula is C10H6F2N2S. The molecule has 0 atom stereocenters. The van der Waals surface area contributed by atoms with Gasteiger partial charge in [0.1, 0.15) is 11.6 Å². The lowest BCUT2D eigenvalue weighted by Gasteiger charge is -2.03. The van der Waals surface area contributed by atoms with Gasteiger partial charge in [0.2, 0.25) is 0 Å². The van der Waals surface area contributed by atoms with Crippen molar-refractivity contribution in [2.24, 2.45) is 0 Å². The van der Waals surface area contributed by atoms with Gasteiger partial charge in [0, 0.05) is 6.20 Å². The summed E-state index contributed by atoms with van der Waals surface area (Å²) in [7, 11) is 0. The van der Waals surface area contributed by atoms with Crippen LogP contribution in [0.4, 0.5) is 8.78 Å². The molecule has 0 unspecified atom stereocenters. The van der Waals surface area contributed by atoms with Crippen molar-refractivity contribution < 1.29 is 8.78 Å². The van der Waals surface area contributed by atoms with Gasteiger partial charge in [0.25, 0.3) is 0 Å². The molecule has 0 aliphatic carbocycles. The Labute approximate surface area is 89.6 Å². The maximum atomic E-state index is 13.4. The number of hydrogen-bond donors (Lipinski definition) is 1. The molecule has 0 fully saturated rings. The normalized spacial score (nSPS) is 10.3. The first-order valence-corrected chi connectivity index (χ1v) is 4.59. The SMILES string of the molecule is Fc1cccc(F)c1-c1ccnc(=S)[nH]1. The van der Waals surface area contributed by atoms with E-state index in [2.05, 4.69) is 9.97 Å². The molecule has 1 heterocycles. The molecular weight excluding hydrogens is 218 g/mol. The van der Waals surface area contributed by atoms with Crippen LogP contribution in [0.1, 0.15) is 0 Å². The average Bonchev–Trinajstić information content (AvgIpc) is 2.17. The van der Waals surface area contributed by atoms with Crippen LogP contribution in [0, 0.1) is 16.4 Å². The number of halogens is 2. The highest BCUT2D eigenvalue weighted by Crippen LogP contribution is 2.23. The van der Waals surface area contributed by atoms with E-state index in [0.717, 1.165) is 0 Å². The standard InChI is InChI=1S/C10H6F2N2S/c11-6-2-1-3-7(12)9(6)8-4-5-13-10(15)14-8/h1-5H,(H,13,14,15). The van der Waals surface area contributed by atoms with Gasteiger partial charge in [-0.3, -0.25) is 0 Å². The van der Waals surface area contributed by atoms with Crippen LogP contribution in [0.25, 0.3) is 11.3 Å². The zero-order valence-electron chi connectivity index (χ0n) is 7.50. The Balaban J connectivity index is 2.69. The Morgan fingerprint density at radius 1 is 1.13 bits per heavy atom. The molecule has 0 spiro atoms. The lowest BCUT2D eigenvalue weighted by molar-refractivity contribution is 0.588. The molecule has 0 amide bonds. The molecule has 5 heteroatoms. The van der Waals surface area contributed by atoms with Crippen molar-refractivity contribution in [1.82, 2.24) is 9.97 Å². The van der Waals surface area contributed by atoms with Crippen molar-refractivity contribution in [2.75, 3.05) is 0 Å². The fourth-order valence-electron chi connectivity index (χ4n) is 1.27. The van der Waals surface area contributed by atoms with Crippen molar-refractivity contribution in [1.29, 1.82) is 0 Å². The average molecular weight is 224 g/mol. The highest BCUT2D eigenvalue weighted by molar-refractivity contribution is 7.71. The van der Waals surface area contributed by atoms with Crippen LogP contribution in [0.3, 0.4) is 0 Å². The largest absolute Gasteiger partial charge is 0.330 e. The zero-order chi connectivity index (χ0) is 10.8. The lowest BCUT2D eigenvalue weighted by Crippen LogP contribution is -1.93. The molecule has 0 aliphatic rings. The zero-order valence-corrected chi connectivity index (χ0v) is 8.31. The molecule has 1 aromatic carbocycles. The van der Waals surface area contributed by atoms with E-state index in [9.17, 15) is 8.78 Å². The summed E-state index contributed by atoms with van der Waals surface area (Å²) in [6, 6.07) is 5.16. The number of nitrogens with one attached hydrogen (secondary N) is 1. The van der Waals surface area contributed by atoms with E-state index >= 15 is 0 Å². The van der Waals surface area contributed by atoms with Crippen molar-refractivity contribution in [3.05, 3.63) is 46.9 Å². The van der Waals surface area contributed by atoms with Crippen molar-refractivity contribution >= 4 is 12.2 Å². The van der Waals surface area contributed by atoms with Gasteiger partial charge in [0.05, 0.1) is 11.3 Å². The summed E-state index contributed by atoms with van der Waals surface area (Å²) in [6.07, 6.45) is 1.40. The molecule has 0 saturated carbocycles. The highest BCUT2D eigenvalue weighted by Gasteiger charge is 2.10. The molecule has 0 bridgehead atoms. The molecule has 0 saturated heterocycles. The van der Waals surface area contributed by atoms with E-state index in [1.807, 2.05) is 0 Å². The van der Waals surface area contributed by atoms with E-state index < -0.39 is 11.6 Å². The predicted molar refractivity (Wildman–Crippen MR) is 54.8 cm³/mol. The van der Waals surface area contributed by atoms with E-state index in [-0.39, 0.29) is 16.0 Å². The van der Waals surface area contributed by atoms with Gasteiger partial charge >= 0.3 is 0 Å². The third-order valence-electron chi connectivity index (χ3n) is 1.91. The Morgan fingerprint density at radius 2 is 1.80 bits per heavy atom. The topological polar surface area (TPSA) is 28.7 Å². The van der Waals surface area contributed by atoms with Gasteiger partial charge in [-0.05, 0) is 30.4 Å². The van der Waals surface area contributed by atoms with Crippen molar-refractivity contribution in [3.63, 3.8) is 0 Å². The van der Waals surface area contributed by atoms with Crippen LogP contribution < -0.4 is 0 Å². The van der Waals surface area contributed by atoms with E-state index in [1.54, 1.807) is 0 Å². The highest BCUT2D eigenvalue weighted by atomic mass is 32.1. The Bertz CT molecular complexity index is 531. The number of rotatable bonds is 1. The molecule has 0 aliphatic heterocycles. The second-order valence-corrected chi connectivity index (χ2v) is 3.27. The van der Waals surface area contributed by atoms with E-state index in [4.69, 9.17) is 12.2 Å². The van der Waals surface area contributed by atoms with Gasteiger partial charge in [0.15, 0.2) is 4.77 Å². The van der Waals surface area contributed by atoms with Gasteiger partial charge in [-0.1, -0.05) is 6.07 Å². The smallest absolute Gasteiger partial charge is 0.197 e. The summed E-state index contributed by atoms with van der Waals surface area (Å²) in [4.78, 5) is 6.37. The van der Waals surface area contributed by atoms with Crippen LogP contribution in [0.2, 0.25) is 0 Å². The van der Waals surface area contributed by atoms with Crippen LogP contribution in [0.5, 0.6) is 0 Å². The first kappa shape index (κ1) is 9.92. The lowest BCUT2D eigenvalue weighted by atomic mass is 10.1. The maximum Gasteiger partial charge on any atom is 0.197 e. The number of hydrogen-bond acceptors (Lipinski definition) is 2. The summed E-state index contributed by atoms with van der Waals surface area (Å²) in [5, 5.41) is 0. The number of benzene rings is 1. The first-order valence-electron chi connectivity index (χ1n) is 4.18. The molecule has 2 nitrogen and oxygen atoms in total. The van der Waals surface area contributed by atoms with Gasteiger partial charge in [-0.2, -0.15) is 0 Å². The fourth-order valence-corrected chi connectivity index (χ4v) is 1.44. The third kappa shape index (κ3) is 1.92. The van der Waals surface area contributed by atoms with Crippen molar-refractivity contribution in [3.8, 4) is 11.3 Å². The Morgan fingerprint density at radius 3 is 2.40 bits per heavy atom. The molecule has 2 aromatic rings. The van der Waals surface area contributed by atoms with E-state index in [0.29, 0.717) is 0 Å². The van der Waals surface area contributed by atoms with Crippen molar-refractivity contribution in [2.45, 2.75) is 0 Å². The minimum Gasteiger partial charge on any atom is -0.330 e. The molecule has 15 heavy (non-hydrogen) atoms. The number of aromatic amines is 1. The molecule has 2 rings (SSSR count). The van der Waals surface area contributed by atoms with Crippen LogP contribution in [0.15, 0.2) is 30.5 Å². The summed E-state index contributed by atoms with van der Waals surface area (Å²) < 4.78 is 26.9. The first-order chi connectivity index (χ1) is 7.18. The Kier molecular flexibility index (Phi) is 2.55. The number of H-pyrrole nitrogens is 1. The number of nitrogens with zero attached hydrogens (tertiary/aromatic N) is 1. The minimum atomic E-state index is -0.633. The van der Waals surface area contributed by atoms with Crippen LogP contribution >= 0.6 is 12.2 Å².